The van der Waals surface area contributed by atoms with Crippen LogP contribution in [0, 0.1) is 0 Å². The van der Waals surface area contributed by atoms with E-state index < -0.39 is 0 Å². The summed E-state index contributed by atoms with van der Waals surface area (Å²) in [6.07, 6.45) is -0.173. The molecule has 18 heavy (non-hydrogen) atoms. The molecule has 0 radical (unpaired) electrons. The molecule has 1 heterocycles. The van der Waals surface area contributed by atoms with Crippen molar-refractivity contribution in [1.82, 2.24) is 5.32 Å². The van der Waals surface area contributed by atoms with E-state index in [9.17, 15) is 0 Å². The molecule has 1 saturated heterocycles. The van der Waals surface area contributed by atoms with Gasteiger partial charge in [-0.25, -0.2) is 0 Å². The number of rotatable bonds is 5. The predicted octanol–water partition coefficient (Wildman–Crippen LogP) is 2.07. The van der Waals surface area contributed by atoms with Gasteiger partial charge in [0.25, 0.3) is 0 Å². The highest BCUT2D eigenvalue weighted by atomic mass is 35.5. The van der Waals surface area contributed by atoms with E-state index in [0.29, 0.717) is 18.2 Å². The molecule has 2 atom stereocenters. The second kappa shape index (κ2) is 6.95. The molecule has 0 aromatic heterocycles. The zero-order valence-corrected chi connectivity index (χ0v) is 11.2. The molecule has 1 N–H and O–H groups in total. The molecule has 0 amide bonds. The van der Waals surface area contributed by atoms with E-state index in [1.165, 1.54) is 0 Å². The summed E-state index contributed by atoms with van der Waals surface area (Å²) in [5.74, 6) is 0.793. The molecule has 2 rings (SSSR count). The molecule has 1 aromatic rings. The lowest BCUT2D eigenvalue weighted by molar-refractivity contribution is -0.187. The fourth-order valence-electron chi connectivity index (χ4n) is 1.78. The van der Waals surface area contributed by atoms with Crippen LogP contribution in [0.25, 0.3) is 0 Å². The maximum absolute atomic E-state index is 5.81. The number of halogens is 1. The summed E-state index contributed by atoms with van der Waals surface area (Å²) < 4.78 is 16.8. The molecule has 1 aliphatic rings. The Bertz CT molecular complexity index is 356. The first-order valence-corrected chi connectivity index (χ1v) is 6.52. The van der Waals surface area contributed by atoms with Gasteiger partial charge in [0, 0.05) is 24.7 Å². The van der Waals surface area contributed by atoms with E-state index in [1.807, 2.05) is 19.1 Å². The van der Waals surface area contributed by atoms with E-state index in [-0.39, 0.29) is 12.4 Å². The first-order chi connectivity index (χ1) is 8.78. The van der Waals surface area contributed by atoms with Crippen LogP contribution < -0.4 is 10.1 Å². The fraction of sp³-hybridized carbons (Fsp3) is 0.538. The van der Waals surface area contributed by atoms with Crippen molar-refractivity contribution in [1.29, 1.82) is 0 Å². The first kappa shape index (κ1) is 13.6. The van der Waals surface area contributed by atoms with Gasteiger partial charge in [-0.1, -0.05) is 11.6 Å². The van der Waals surface area contributed by atoms with Crippen molar-refractivity contribution in [3.05, 3.63) is 29.3 Å². The van der Waals surface area contributed by atoms with Crippen molar-refractivity contribution < 1.29 is 14.2 Å². The molecule has 0 spiro atoms. The van der Waals surface area contributed by atoms with Crippen LogP contribution in [-0.2, 0) is 9.47 Å². The van der Waals surface area contributed by atoms with Crippen LogP contribution in [0.5, 0.6) is 5.75 Å². The number of hydrogen-bond donors (Lipinski definition) is 1. The van der Waals surface area contributed by atoms with Crippen LogP contribution in [0.15, 0.2) is 24.3 Å². The number of benzene rings is 1. The molecule has 100 valence electrons. The van der Waals surface area contributed by atoms with Gasteiger partial charge in [-0.2, -0.15) is 0 Å². The van der Waals surface area contributed by atoms with Crippen LogP contribution in [0.4, 0.5) is 0 Å². The van der Waals surface area contributed by atoms with Crippen molar-refractivity contribution in [3.8, 4) is 5.75 Å². The quantitative estimate of drug-likeness (QED) is 0.890. The lowest BCUT2D eigenvalue weighted by Gasteiger charge is -2.30. The summed E-state index contributed by atoms with van der Waals surface area (Å²) in [7, 11) is 0. The van der Waals surface area contributed by atoms with Crippen molar-refractivity contribution in [2.45, 2.75) is 19.3 Å². The van der Waals surface area contributed by atoms with Crippen LogP contribution >= 0.6 is 11.6 Å². The average molecular weight is 272 g/mol. The Kier molecular flexibility index (Phi) is 5.26. The molecule has 1 aliphatic heterocycles. The van der Waals surface area contributed by atoms with Crippen LogP contribution in [0.3, 0.4) is 0 Å². The fourth-order valence-corrected chi connectivity index (χ4v) is 1.90. The van der Waals surface area contributed by atoms with Crippen molar-refractivity contribution in [2.75, 3.05) is 26.3 Å². The van der Waals surface area contributed by atoms with Gasteiger partial charge in [-0.15, -0.1) is 0 Å². The summed E-state index contributed by atoms with van der Waals surface area (Å²) in [5, 5.41) is 3.97. The smallest absolute Gasteiger partial charge is 0.170 e. The van der Waals surface area contributed by atoms with Crippen LogP contribution in [-0.4, -0.2) is 38.7 Å². The minimum Gasteiger partial charge on any atom is -0.491 e. The Balaban J connectivity index is 1.77. The third-order valence-corrected chi connectivity index (χ3v) is 2.88. The maximum Gasteiger partial charge on any atom is 0.170 e. The zero-order valence-electron chi connectivity index (χ0n) is 10.4. The molecule has 4 nitrogen and oxygen atoms in total. The van der Waals surface area contributed by atoms with Gasteiger partial charge in [0.15, 0.2) is 6.29 Å². The highest BCUT2D eigenvalue weighted by molar-refractivity contribution is 6.30. The zero-order chi connectivity index (χ0) is 12.8. The third-order valence-electron chi connectivity index (χ3n) is 2.63. The largest absolute Gasteiger partial charge is 0.491 e. The van der Waals surface area contributed by atoms with Crippen LogP contribution in [0.2, 0.25) is 5.02 Å². The topological polar surface area (TPSA) is 39.7 Å². The third kappa shape index (κ3) is 4.14. The Morgan fingerprint density at radius 2 is 2.11 bits per heavy atom. The van der Waals surface area contributed by atoms with E-state index in [0.717, 1.165) is 18.8 Å². The Hall–Kier alpha value is -0.810. The molecular formula is C13H18ClNO3. The van der Waals surface area contributed by atoms with E-state index >= 15 is 0 Å². The average Bonchev–Trinajstić information content (AvgIpc) is 2.39. The van der Waals surface area contributed by atoms with Gasteiger partial charge >= 0.3 is 0 Å². The second-order valence-corrected chi connectivity index (χ2v) is 4.50. The van der Waals surface area contributed by atoms with Gasteiger partial charge in [-0.3, -0.25) is 0 Å². The first-order valence-electron chi connectivity index (χ1n) is 6.14. The summed E-state index contributed by atoms with van der Waals surface area (Å²) in [5.41, 5.74) is 0. The SMILES string of the molecule is CCO[C@@H]1CNC[C@@H](COc2ccc(Cl)cc2)O1. The molecule has 1 aromatic carbocycles. The van der Waals surface area contributed by atoms with E-state index in [4.69, 9.17) is 25.8 Å². The molecule has 0 bridgehead atoms. The maximum atomic E-state index is 5.81. The number of nitrogens with one attached hydrogen (secondary N) is 1. The molecule has 0 aliphatic carbocycles. The number of morpholine rings is 1. The Morgan fingerprint density at radius 3 is 2.83 bits per heavy atom. The summed E-state index contributed by atoms with van der Waals surface area (Å²) in [6.45, 7) is 4.61. The lowest BCUT2D eigenvalue weighted by atomic mass is 10.3. The molecule has 5 heteroatoms. The minimum atomic E-state index is -0.178. The lowest BCUT2D eigenvalue weighted by Crippen LogP contribution is -2.48. The summed E-state index contributed by atoms with van der Waals surface area (Å²) in [6, 6.07) is 7.30. The van der Waals surface area contributed by atoms with Gasteiger partial charge < -0.3 is 19.5 Å². The van der Waals surface area contributed by atoms with Gasteiger partial charge in [0.1, 0.15) is 18.5 Å². The Labute approximate surface area is 112 Å². The van der Waals surface area contributed by atoms with Crippen molar-refractivity contribution in [2.24, 2.45) is 0 Å². The second-order valence-electron chi connectivity index (χ2n) is 4.07. The molecule has 0 unspecified atom stereocenters. The van der Waals surface area contributed by atoms with Crippen LogP contribution in [0.1, 0.15) is 6.92 Å². The van der Waals surface area contributed by atoms with Crippen molar-refractivity contribution >= 4 is 11.6 Å². The van der Waals surface area contributed by atoms with Gasteiger partial charge in [-0.05, 0) is 31.2 Å². The summed E-state index contributed by atoms with van der Waals surface area (Å²) in [4.78, 5) is 0. The van der Waals surface area contributed by atoms with Crippen molar-refractivity contribution in [3.63, 3.8) is 0 Å². The summed E-state index contributed by atoms with van der Waals surface area (Å²) >= 11 is 5.81. The predicted molar refractivity (Wildman–Crippen MR) is 70.1 cm³/mol. The monoisotopic (exact) mass is 271 g/mol. The highest BCUT2D eigenvalue weighted by Crippen LogP contribution is 2.16. The molecule has 1 fully saturated rings. The molecular weight excluding hydrogens is 254 g/mol. The molecule has 0 saturated carbocycles. The number of ether oxygens (including phenoxy) is 3. The van der Waals surface area contributed by atoms with E-state index in [2.05, 4.69) is 5.32 Å². The minimum absolute atomic E-state index is 0.00554. The number of hydrogen-bond acceptors (Lipinski definition) is 4. The normalized spacial score (nSPS) is 23.9. The Morgan fingerprint density at radius 1 is 1.33 bits per heavy atom. The highest BCUT2D eigenvalue weighted by Gasteiger charge is 2.22. The van der Waals surface area contributed by atoms with E-state index in [1.54, 1.807) is 12.1 Å². The van der Waals surface area contributed by atoms with Gasteiger partial charge in [0.2, 0.25) is 0 Å². The standard InChI is InChI=1S/C13H18ClNO3/c1-2-16-13-8-15-7-12(18-13)9-17-11-5-3-10(14)4-6-11/h3-6,12-13,15H,2,7-9H2,1H3/t12-,13-/m0/s1. The van der Waals surface area contributed by atoms with Gasteiger partial charge in [0.05, 0.1) is 0 Å².